The number of nitrogens with zero attached hydrogens (tertiary/aromatic N) is 1. The number of aliphatic carboxylic acids is 1. The van der Waals surface area contributed by atoms with Gasteiger partial charge in [0.15, 0.2) is 0 Å². The van der Waals surface area contributed by atoms with E-state index in [0.717, 1.165) is 0 Å². The van der Waals surface area contributed by atoms with Crippen LogP contribution in [0, 0.1) is 0 Å². The lowest BCUT2D eigenvalue weighted by atomic mass is 10.0. The Hall–Kier alpha value is -1.31. The molecule has 0 spiro atoms. The van der Waals surface area contributed by atoms with Crippen LogP contribution in [0.15, 0.2) is 0 Å². The average Bonchev–Trinajstić information content (AvgIpc) is 1.99. The fraction of sp³-hybridized carbons (Fsp3) is 0.750. The number of likely N-dealkylation sites (N-methyl/N-ethyl adjacent to an activating group) is 1. The monoisotopic (exact) mass is 242 g/mol. The van der Waals surface area contributed by atoms with E-state index in [1.807, 2.05) is 0 Å². The molecule has 0 aromatic rings. The Morgan fingerprint density at radius 3 is 2.00 bits per heavy atom. The van der Waals surface area contributed by atoms with Crippen molar-refractivity contribution in [3.05, 3.63) is 0 Å². The molecule has 0 aromatic carbocycles. The van der Waals surface area contributed by atoms with Crippen LogP contribution >= 0.6 is 0 Å². The van der Waals surface area contributed by atoms with Crippen LogP contribution < -0.4 is 5.32 Å². The number of nitrogens with one attached hydrogen (secondary N) is 1. The molecule has 8 heteroatoms. The highest BCUT2D eigenvalue weighted by Gasteiger charge is 2.58. The average molecular weight is 242 g/mol. The Bertz CT molecular complexity index is 291. The van der Waals surface area contributed by atoms with E-state index in [2.05, 4.69) is 0 Å². The van der Waals surface area contributed by atoms with E-state index in [4.69, 9.17) is 5.11 Å². The predicted molar refractivity (Wildman–Crippen MR) is 48.8 cm³/mol. The van der Waals surface area contributed by atoms with Crippen LogP contribution in [0.2, 0.25) is 0 Å². The fourth-order valence-corrected chi connectivity index (χ4v) is 0.851. The first-order chi connectivity index (χ1) is 7.00. The van der Waals surface area contributed by atoms with Gasteiger partial charge in [0, 0.05) is 0 Å². The SMILES string of the molecule is CN(C)CC(=O)NC(C)(C(=O)O)C(F)(F)F. The summed E-state index contributed by atoms with van der Waals surface area (Å²) in [5.74, 6) is -3.15. The molecule has 0 aliphatic rings. The van der Waals surface area contributed by atoms with Crippen LogP contribution in [-0.2, 0) is 9.59 Å². The Balaban J connectivity index is 4.85. The third-order valence-electron chi connectivity index (χ3n) is 1.84. The molecule has 94 valence electrons. The summed E-state index contributed by atoms with van der Waals surface area (Å²) < 4.78 is 37.3. The van der Waals surface area contributed by atoms with E-state index in [0.29, 0.717) is 6.92 Å². The molecule has 2 N–H and O–H groups in total. The lowest BCUT2D eigenvalue weighted by Gasteiger charge is -2.29. The quantitative estimate of drug-likeness (QED) is 0.732. The van der Waals surface area contributed by atoms with Gasteiger partial charge in [-0.3, -0.25) is 4.79 Å². The Labute approximate surface area is 90.2 Å². The minimum Gasteiger partial charge on any atom is -0.479 e. The number of carbonyl (C=O) groups is 2. The van der Waals surface area contributed by atoms with Crippen molar-refractivity contribution < 1.29 is 27.9 Å². The zero-order valence-corrected chi connectivity index (χ0v) is 9.05. The fourth-order valence-electron chi connectivity index (χ4n) is 0.851. The van der Waals surface area contributed by atoms with Crippen molar-refractivity contribution in [2.45, 2.75) is 18.6 Å². The number of rotatable bonds is 4. The maximum Gasteiger partial charge on any atom is 0.422 e. The van der Waals surface area contributed by atoms with Crippen LogP contribution in [-0.4, -0.2) is 54.2 Å². The van der Waals surface area contributed by atoms with Gasteiger partial charge in [-0.25, -0.2) is 4.79 Å². The molecular weight excluding hydrogens is 229 g/mol. The molecule has 1 amide bonds. The first-order valence-corrected chi connectivity index (χ1v) is 4.26. The van der Waals surface area contributed by atoms with E-state index in [-0.39, 0.29) is 6.54 Å². The summed E-state index contributed by atoms with van der Waals surface area (Å²) in [4.78, 5) is 23.0. The molecule has 0 aliphatic heterocycles. The zero-order chi connectivity index (χ0) is 13.1. The number of carboxylic acid groups (broad SMARTS) is 1. The van der Waals surface area contributed by atoms with Crippen LogP contribution in [0.1, 0.15) is 6.92 Å². The second-order valence-corrected chi connectivity index (χ2v) is 3.71. The number of carboxylic acids is 1. The van der Waals surface area contributed by atoms with Gasteiger partial charge >= 0.3 is 12.1 Å². The van der Waals surface area contributed by atoms with Crippen molar-refractivity contribution in [1.29, 1.82) is 0 Å². The molecule has 5 nitrogen and oxygen atoms in total. The molecule has 1 atom stereocenters. The van der Waals surface area contributed by atoms with Crippen LogP contribution in [0.3, 0.4) is 0 Å². The van der Waals surface area contributed by atoms with Crippen LogP contribution in [0.25, 0.3) is 0 Å². The summed E-state index contributed by atoms with van der Waals surface area (Å²) in [6.07, 6.45) is -5.05. The van der Waals surface area contributed by atoms with Gasteiger partial charge in [-0.05, 0) is 21.0 Å². The van der Waals surface area contributed by atoms with Gasteiger partial charge in [-0.15, -0.1) is 0 Å². The third-order valence-corrected chi connectivity index (χ3v) is 1.84. The summed E-state index contributed by atoms with van der Waals surface area (Å²) in [5.41, 5.74) is -3.26. The van der Waals surface area contributed by atoms with E-state index >= 15 is 0 Å². The zero-order valence-electron chi connectivity index (χ0n) is 9.05. The summed E-state index contributed by atoms with van der Waals surface area (Å²) in [6, 6.07) is 0. The minimum atomic E-state index is -5.05. The molecule has 0 aliphatic carbocycles. The Morgan fingerprint density at radius 1 is 1.31 bits per heavy atom. The number of alkyl halides is 3. The van der Waals surface area contributed by atoms with Gasteiger partial charge in [-0.2, -0.15) is 13.2 Å². The predicted octanol–water partition coefficient (Wildman–Crippen LogP) is 0.0698. The molecule has 0 radical (unpaired) electrons. The van der Waals surface area contributed by atoms with Crippen molar-refractivity contribution in [3.8, 4) is 0 Å². The molecule has 0 heterocycles. The van der Waals surface area contributed by atoms with Gasteiger partial charge < -0.3 is 15.3 Å². The summed E-state index contributed by atoms with van der Waals surface area (Å²) in [5, 5.41) is 9.96. The first kappa shape index (κ1) is 14.7. The molecule has 0 saturated carbocycles. The van der Waals surface area contributed by atoms with E-state index in [1.54, 1.807) is 0 Å². The number of hydrogen-bond donors (Lipinski definition) is 2. The van der Waals surface area contributed by atoms with Gasteiger partial charge in [-0.1, -0.05) is 0 Å². The maximum absolute atomic E-state index is 12.4. The molecule has 0 aromatic heterocycles. The maximum atomic E-state index is 12.4. The minimum absolute atomic E-state index is 0.320. The lowest BCUT2D eigenvalue weighted by molar-refractivity contribution is -0.207. The van der Waals surface area contributed by atoms with Crippen molar-refractivity contribution in [2.24, 2.45) is 0 Å². The second-order valence-electron chi connectivity index (χ2n) is 3.71. The van der Waals surface area contributed by atoms with E-state index in [9.17, 15) is 22.8 Å². The molecule has 0 rings (SSSR count). The van der Waals surface area contributed by atoms with Gasteiger partial charge in [0.05, 0.1) is 6.54 Å². The van der Waals surface area contributed by atoms with Gasteiger partial charge in [0.25, 0.3) is 0 Å². The van der Waals surface area contributed by atoms with Crippen LogP contribution in [0.5, 0.6) is 0 Å². The summed E-state index contributed by atoms with van der Waals surface area (Å²) >= 11 is 0. The van der Waals surface area contributed by atoms with Gasteiger partial charge in [0.2, 0.25) is 11.4 Å². The number of hydrogen-bond acceptors (Lipinski definition) is 3. The summed E-state index contributed by atoms with van der Waals surface area (Å²) in [6.45, 7) is 0.0852. The second kappa shape index (κ2) is 4.69. The van der Waals surface area contributed by atoms with Crippen molar-refractivity contribution in [1.82, 2.24) is 10.2 Å². The smallest absolute Gasteiger partial charge is 0.422 e. The molecule has 0 bridgehead atoms. The number of carbonyl (C=O) groups excluding carboxylic acids is 1. The highest BCUT2D eigenvalue weighted by Crippen LogP contribution is 2.30. The largest absolute Gasteiger partial charge is 0.479 e. The Kier molecular flexibility index (Phi) is 4.30. The highest BCUT2D eigenvalue weighted by atomic mass is 19.4. The van der Waals surface area contributed by atoms with Crippen LogP contribution in [0.4, 0.5) is 13.2 Å². The summed E-state index contributed by atoms with van der Waals surface area (Å²) in [7, 11) is 2.95. The normalized spacial score (nSPS) is 15.7. The van der Waals surface area contributed by atoms with Crippen molar-refractivity contribution >= 4 is 11.9 Å². The number of halogens is 3. The van der Waals surface area contributed by atoms with Crippen molar-refractivity contribution in [3.63, 3.8) is 0 Å². The topological polar surface area (TPSA) is 69.6 Å². The highest BCUT2D eigenvalue weighted by molar-refractivity contribution is 5.88. The molecule has 0 fully saturated rings. The molecule has 1 unspecified atom stereocenters. The molecular formula is C8H13F3N2O3. The van der Waals surface area contributed by atoms with Crippen molar-refractivity contribution in [2.75, 3.05) is 20.6 Å². The number of amides is 1. The Morgan fingerprint density at radius 2 is 1.75 bits per heavy atom. The molecule has 16 heavy (non-hydrogen) atoms. The third kappa shape index (κ3) is 3.37. The standard InChI is InChI=1S/C8H13F3N2O3/c1-7(6(15)16,8(9,10)11)12-5(14)4-13(2)3/h4H2,1-3H3,(H,12,14)(H,15,16). The first-order valence-electron chi connectivity index (χ1n) is 4.26. The molecule has 0 saturated heterocycles. The van der Waals surface area contributed by atoms with E-state index in [1.165, 1.54) is 24.3 Å². The lowest BCUT2D eigenvalue weighted by Crippen LogP contribution is -2.62. The van der Waals surface area contributed by atoms with Gasteiger partial charge in [0.1, 0.15) is 0 Å². The van der Waals surface area contributed by atoms with E-state index < -0.39 is 23.6 Å².